The smallest absolute Gasteiger partial charge is 0.222 e. The summed E-state index contributed by atoms with van der Waals surface area (Å²) in [5.74, 6) is 0.526. The summed E-state index contributed by atoms with van der Waals surface area (Å²) in [7, 11) is 1.91. The highest BCUT2D eigenvalue weighted by Crippen LogP contribution is 2.25. The maximum Gasteiger partial charge on any atom is 0.222 e. The molecule has 0 aliphatic carbocycles. The molecule has 1 aliphatic heterocycles. The lowest BCUT2D eigenvalue weighted by Gasteiger charge is -2.32. The van der Waals surface area contributed by atoms with Crippen molar-refractivity contribution in [2.24, 2.45) is 7.05 Å². The summed E-state index contributed by atoms with van der Waals surface area (Å²) in [6, 6.07) is 1.96. The van der Waals surface area contributed by atoms with Crippen LogP contribution in [-0.2, 0) is 18.3 Å². The molecule has 1 amide bonds. The molecular formula is C16H21N5O. The molecule has 6 nitrogen and oxygen atoms in total. The third-order valence-electron chi connectivity index (χ3n) is 4.29. The van der Waals surface area contributed by atoms with E-state index in [-0.39, 0.29) is 5.91 Å². The normalized spacial score (nSPS) is 18.4. The zero-order valence-electron chi connectivity index (χ0n) is 12.9. The fraction of sp³-hybridized carbons (Fsp3) is 0.500. The molecule has 6 heteroatoms. The van der Waals surface area contributed by atoms with E-state index in [0.29, 0.717) is 12.3 Å². The van der Waals surface area contributed by atoms with E-state index in [4.69, 9.17) is 0 Å². The zero-order valence-corrected chi connectivity index (χ0v) is 12.9. The largest absolute Gasteiger partial charge is 0.342 e. The standard InChI is InChI=1S/C16H21N5O/c1-20-14(6-7-19-20)4-5-16(22)21-10-2-3-13(12-21)15-11-17-8-9-18-15/h6-9,11,13H,2-5,10,12H2,1H3. The fourth-order valence-electron chi connectivity index (χ4n) is 3.01. The number of likely N-dealkylation sites (tertiary alicyclic amines) is 1. The molecule has 3 rings (SSSR count). The topological polar surface area (TPSA) is 63.9 Å². The minimum Gasteiger partial charge on any atom is -0.342 e. The van der Waals surface area contributed by atoms with Gasteiger partial charge in [-0.2, -0.15) is 5.10 Å². The number of piperidine rings is 1. The van der Waals surface area contributed by atoms with Gasteiger partial charge >= 0.3 is 0 Å². The first-order valence-corrected chi connectivity index (χ1v) is 7.74. The van der Waals surface area contributed by atoms with Gasteiger partial charge in [-0.25, -0.2) is 0 Å². The fourth-order valence-corrected chi connectivity index (χ4v) is 3.01. The maximum absolute atomic E-state index is 12.4. The van der Waals surface area contributed by atoms with Crippen LogP contribution >= 0.6 is 0 Å². The molecule has 0 saturated carbocycles. The van der Waals surface area contributed by atoms with Crippen LogP contribution in [0.25, 0.3) is 0 Å². The lowest BCUT2D eigenvalue weighted by molar-refractivity contribution is -0.132. The van der Waals surface area contributed by atoms with Crippen LogP contribution in [0, 0.1) is 0 Å². The molecule has 2 aromatic rings. The van der Waals surface area contributed by atoms with Gasteiger partial charge in [0.05, 0.1) is 5.69 Å². The van der Waals surface area contributed by atoms with E-state index in [0.717, 1.165) is 43.7 Å². The number of amides is 1. The van der Waals surface area contributed by atoms with Crippen LogP contribution < -0.4 is 0 Å². The van der Waals surface area contributed by atoms with Gasteiger partial charge < -0.3 is 4.90 Å². The van der Waals surface area contributed by atoms with Crippen molar-refractivity contribution in [1.82, 2.24) is 24.6 Å². The van der Waals surface area contributed by atoms with Gasteiger partial charge in [-0.15, -0.1) is 0 Å². The van der Waals surface area contributed by atoms with Gasteiger partial charge in [-0.1, -0.05) is 0 Å². The van der Waals surface area contributed by atoms with E-state index < -0.39 is 0 Å². The van der Waals surface area contributed by atoms with Gasteiger partial charge in [0, 0.05) is 63.0 Å². The molecule has 1 atom stereocenters. The molecule has 1 saturated heterocycles. The summed E-state index contributed by atoms with van der Waals surface area (Å²) < 4.78 is 1.83. The number of aryl methyl sites for hydroxylation is 2. The Balaban J connectivity index is 1.57. The Labute approximate surface area is 130 Å². The summed E-state index contributed by atoms with van der Waals surface area (Å²) in [6.45, 7) is 1.60. The van der Waals surface area contributed by atoms with Crippen LogP contribution in [0.1, 0.15) is 36.6 Å². The molecule has 0 bridgehead atoms. The van der Waals surface area contributed by atoms with Crippen molar-refractivity contribution in [2.75, 3.05) is 13.1 Å². The molecule has 116 valence electrons. The van der Waals surface area contributed by atoms with Gasteiger partial charge in [0.1, 0.15) is 0 Å². The average molecular weight is 299 g/mol. The molecule has 0 N–H and O–H groups in total. The van der Waals surface area contributed by atoms with E-state index in [9.17, 15) is 4.79 Å². The van der Waals surface area contributed by atoms with Crippen LogP contribution in [-0.4, -0.2) is 43.6 Å². The van der Waals surface area contributed by atoms with E-state index in [2.05, 4.69) is 15.1 Å². The molecule has 0 spiro atoms. The number of nitrogens with zero attached hydrogens (tertiary/aromatic N) is 5. The van der Waals surface area contributed by atoms with Crippen molar-refractivity contribution < 1.29 is 4.79 Å². The highest BCUT2D eigenvalue weighted by molar-refractivity contribution is 5.76. The molecule has 1 unspecified atom stereocenters. The van der Waals surface area contributed by atoms with Crippen LogP contribution in [0.15, 0.2) is 30.9 Å². The van der Waals surface area contributed by atoms with Gasteiger partial charge in [0.25, 0.3) is 0 Å². The van der Waals surface area contributed by atoms with Crippen molar-refractivity contribution in [2.45, 2.75) is 31.6 Å². The van der Waals surface area contributed by atoms with Crippen LogP contribution in [0.4, 0.5) is 0 Å². The monoisotopic (exact) mass is 299 g/mol. The number of carbonyl (C=O) groups is 1. The van der Waals surface area contributed by atoms with Crippen molar-refractivity contribution in [3.8, 4) is 0 Å². The predicted octanol–water partition coefficient (Wildman–Crippen LogP) is 1.55. The molecule has 1 fully saturated rings. The number of hydrogen-bond acceptors (Lipinski definition) is 4. The Morgan fingerprint density at radius 2 is 2.27 bits per heavy atom. The molecule has 2 aromatic heterocycles. The van der Waals surface area contributed by atoms with E-state index in [1.807, 2.05) is 28.9 Å². The summed E-state index contributed by atoms with van der Waals surface area (Å²) in [4.78, 5) is 22.9. The van der Waals surface area contributed by atoms with Crippen LogP contribution in [0.2, 0.25) is 0 Å². The third kappa shape index (κ3) is 3.32. The Kier molecular flexibility index (Phi) is 4.46. The van der Waals surface area contributed by atoms with Crippen molar-refractivity contribution in [1.29, 1.82) is 0 Å². The Morgan fingerprint density at radius 1 is 1.36 bits per heavy atom. The van der Waals surface area contributed by atoms with Gasteiger partial charge in [0.2, 0.25) is 5.91 Å². The molecule has 3 heterocycles. The van der Waals surface area contributed by atoms with Gasteiger partial charge in [-0.3, -0.25) is 19.4 Å². The van der Waals surface area contributed by atoms with Gasteiger partial charge in [0.15, 0.2) is 0 Å². The summed E-state index contributed by atoms with van der Waals surface area (Å²) >= 11 is 0. The van der Waals surface area contributed by atoms with Crippen molar-refractivity contribution in [3.05, 3.63) is 42.2 Å². The van der Waals surface area contributed by atoms with Crippen LogP contribution in [0.5, 0.6) is 0 Å². The number of hydrogen-bond donors (Lipinski definition) is 0. The first-order valence-electron chi connectivity index (χ1n) is 7.74. The number of rotatable bonds is 4. The lowest BCUT2D eigenvalue weighted by Crippen LogP contribution is -2.39. The minimum atomic E-state index is 0.217. The van der Waals surface area contributed by atoms with Crippen LogP contribution in [0.3, 0.4) is 0 Å². The number of carbonyl (C=O) groups excluding carboxylic acids is 1. The van der Waals surface area contributed by atoms with E-state index in [1.165, 1.54) is 0 Å². The SMILES string of the molecule is Cn1nccc1CCC(=O)N1CCCC(c2cnccn2)C1. The first-order chi connectivity index (χ1) is 10.7. The highest BCUT2D eigenvalue weighted by Gasteiger charge is 2.25. The van der Waals surface area contributed by atoms with E-state index in [1.54, 1.807) is 18.6 Å². The summed E-state index contributed by atoms with van der Waals surface area (Å²) in [6.07, 6.45) is 10.4. The molecule has 22 heavy (non-hydrogen) atoms. The number of aromatic nitrogens is 4. The van der Waals surface area contributed by atoms with Crippen molar-refractivity contribution in [3.63, 3.8) is 0 Å². The Bertz CT molecular complexity index is 624. The summed E-state index contributed by atoms with van der Waals surface area (Å²) in [5.41, 5.74) is 2.09. The van der Waals surface area contributed by atoms with E-state index >= 15 is 0 Å². The second-order valence-corrected chi connectivity index (χ2v) is 5.76. The molecule has 0 aromatic carbocycles. The second-order valence-electron chi connectivity index (χ2n) is 5.76. The molecular weight excluding hydrogens is 278 g/mol. The Hall–Kier alpha value is -2.24. The second kappa shape index (κ2) is 6.68. The minimum absolute atomic E-state index is 0.217. The molecule has 1 aliphatic rings. The zero-order chi connectivity index (χ0) is 15.4. The lowest BCUT2D eigenvalue weighted by atomic mass is 9.94. The predicted molar refractivity (Wildman–Crippen MR) is 82.1 cm³/mol. The Morgan fingerprint density at radius 3 is 3.00 bits per heavy atom. The maximum atomic E-state index is 12.4. The van der Waals surface area contributed by atoms with Gasteiger partial charge in [-0.05, 0) is 25.3 Å². The summed E-state index contributed by atoms with van der Waals surface area (Å²) in [5, 5.41) is 4.14. The first kappa shape index (κ1) is 14.7. The highest BCUT2D eigenvalue weighted by atomic mass is 16.2. The average Bonchev–Trinajstić information content (AvgIpc) is 2.99. The molecule has 0 radical (unpaired) electrons. The quantitative estimate of drug-likeness (QED) is 0.859. The third-order valence-corrected chi connectivity index (χ3v) is 4.29. The van der Waals surface area contributed by atoms with Crippen molar-refractivity contribution >= 4 is 5.91 Å².